The first-order chi connectivity index (χ1) is 8.34. The molecule has 0 aromatic carbocycles. The Hall–Kier alpha value is -0.320. The van der Waals surface area contributed by atoms with Gasteiger partial charge in [-0.1, -0.05) is 0 Å². The smallest absolute Gasteiger partial charge is 0.131 e. The lowest BCUT2D eigenvalue weighted by atomic mass is 10.0. The van der Waals surface area contributed by atoms with Crippen molar-refractivity contribution in [3.05, 3.63) is 22.6 Å². The molecule has 1 N–H and O–H groups in total. The largest absolute Gasteiger partial charge is 0.467 e. The van der Waals surface area contributed by atoms with E-state index in [4.69, 9.17) is 4.42 Å². The first-order valence-electron chi connectivity index (χ1n) is 6.54. The molecular weight excluding hydrogens is 280 g/mol. The van der Waals surface area contributed by atoms with E-state index in [0.29, 0.717) is 12.1 Å². The van der Waals surface area contributed by atoms with Crippen LogP contribution in [0.25, 0.3) is 0 Å². The predicted octanol–water partition coefficient (Wildman–Crippen LogP) is 2.76. The Morgan fingerprint density at radius 2 is 2.35 bits per heavy atom. The molecule has 0 spiro atoms. The Bertz CT molecular complexity index is 373. The van der Waals surface area contributed by atoms with Crippen LogP contribution in [-0.4, -0.2) is 30.1 Å². The molecule has 0 radical (unpaired) electrons. The van der Waals surface area contributed by atoms with Crippen LogP contribution < -0.4 is 5.32 Å². The number of nitrogens with zero attached hydrogens (tertiary/aromatic N) is 1. The van der Waals surface area contributed by atoms with Crippen molar-refractivity contribution in [3.63, 3.8) is 0 Å². The number of halogens is 1. The second-order valence-electron chi connectivity index (χ2n) is 5.07. The second-order valence-corrected chi connectivity index (χ2v) is 5.93. The van der Waals surface area contributed by atoms with Crippen LogP contribution in [0.15, 0.2) is 21.2 Å². The highest BCUT2D eigenvalue weighted by atomic mass is 79.9. The fourth-order valence-electron chi connectivity index (χ4n) is 3.17. The zero-order valence-corrected chi connectivity index (χ0v) is 11.6. The lowest BCUT2D eigenvalue weighted by molar-refractivity contribution is 0.192. The van der Waals surface area contributed by atoms with Crippen LogP contribution in [0.3, 0.4) is 0 Å². The summed E-state index contributed by atoms with van der Waals surface area (Å²) in [5.41, 5.74) is 0. The summed E-state index contributed by atoms with van der Waals surface area (Å²) in [5.74, 6) is 1.06. The van der Waals surface area contributed by atoms with Crippen molar-refractivity contribution in [1.29, 1.82) is 0 Å². The van der Waals surface area contributed by atoms with Crippen LogP contribution in [-0.2, 0) is 6.54 Å². The minimum absolute atomic E-state index is 0.700. The number of furan rings is 1. The van der Waals surface area contributed by atoms with E-state index in [2.05, 4.69) is 26.1 Å². The lowest BCUT2D eigenvalue weighted by Gasteiger charge is -2.28. The third kappa shape index (κ3) is 2.44. The zero-order valence-electron chi connectivity index (χ0n) is 9.99. The van der Waals surface area contributed by atoms with Crippen molar-refractivity contribution >= 4 is 15.9 Å². The minimum Gasteiger partial charge on any atom is -0.467 e. The number of likely N-dealkylation sites (tertiary alicyclic amines) is 1. The first-order valence-corrected chi connectivity index (χ1v) is 7.33. The van der Waals surface area contributed by atoms with Gasteiger partial charge in [0.1, 0.15) is 5.76 Å². The summed E-state index contributed by atoms with van der Waals surface area (Å²) in [6, 6.07) is 3.38. The summed E-state index contributed by atoms with van der Waals surface area (Å²) in [6.45, 7) is 3.34. The van der Waals surface area contributed by atoms with E-state index < -0.39 is 0 Å². The normalized spacial score (nSPS) is 30.2. The fourth-order valence-corrected chi connectivity index (χ4v) is 3.49. The molecular formula is C13H19BrN2O. The molecule has 4 heteroatoms. The average Bonchev–Trinajstić information content (AvgIpc) is 3.02. The molecule has 2 unspecified atom stereocenters. The van der Waals surface area contributed by atoms with Gasteiger partial charge in [0, 0.05) is 12.1 Å². The highest BCUT2D eigenvalue weighted by Gasteiger charge is 2.33. The molecule has 2 saturated heterocycles. The topological polar surface area (TPSA) is 28.4 Å². The molecule has 0 amide bonds. The van der Waals surface area contributed by atoms with Crippen LogP contribution in [0, 0.1) is 0 Å². The van der Waals surface area contributed by atoms with Gasteiger partial charge < -0.3 is 9.73 Å². The Kier molecular flexibility index (Phi) is 3.54. The van der Waals surface area contributed by atoms with E-state index in [0.717, 1.165) is 16.8 Å². The SMILES string of the molecule is Brc1ccoc1CN1CCCC1C1CCCN1. The Balaban J connectivity index is 1.67. The maximum Gasteiger partial charge on any atom is 0.131 e. The average molecular weight is 299 g/mol. The minimum atomic E-state index is 0.700. The molecule has 1 aromatic heterocycles. The number of rotatable bonds is 3. The van der Waals surface area contributed by atoms with Gasteiger partial charge in [-0.05, 0) is 60.8 Å². The van der Waals surface area contributed by atoms with Gasteiger partial charge in [0.15, 0.2) is 0 Å². The van der Waals surface area contributed by atoms with Gasteiger partial charge in [0.05, 0.1) is 17.3 Å². The van der Waals surface area contributed by atoms with Crippen LogP contribution >= 0.6 is 15.9 Å². The number of nitrogens with one attached hydrogen (secondary N) is 1. The van der Waals surface area contributed by atoms with Gasteiger partial charge in [-0.25, -0.2) is 0 Å². The van der Waals surface area contributed by atoms with Crippen LogP contribution in [0.5, 0.6) is 0 Å². The molecule has 2 atom stereocenters. The van der Waals surface area contributed by atoms with E-state index in [1.165, 1.54) is 38.8 Å². The van der Waals surface area contributed by atoms with Gasteiger partial charge >= 0.3 is 0 Å². The van der Waals surface area contributed by atoms with Gasteiger partial charge in [0.25, 0.3) is 0 Å². The molecule has 94 valence electrons. The van der Waals surface area contributed by atoms with Crippen molar-refractivity contribution in [2.24, 2.45) is 0 Å². The Morgan fingerprint density at radius 3 is 3.06 bits per heavy atom. The van der Waals surface area contributed by atoms with E-state index in [1.54, 1.807) is 6.26 Å². The Labute approximate surface area is 111 Å². The standard InChI is InChI=1S/C13H19BrN2O/c14-10-5-8-17-13(10)9-16-7-2-4-12(16)11-3-1-6-15-11/h5,8,11-12,15H,1-4,6-7,9H2. The van der Waals surface area contributed by atoms with Crippen LogP contribution in [0.2, 0.25) is 0 Å². The maximum atomic E-state index is 5.53. The summed E-state index contributed by atoms with van der Waals surface area (Å²) in [6.07, 6.45) is 7.08. The summed E-state index contributed by atoms with van der Waals surface area (Å²) < 4.78 is 6.63. The van der Waals surface area contributed by atoms with Crippen molar-refractivity contribution in [1.82, 2.24) is 10.2 Å². The molecule has 1 aromatic rings. The van der Waals surface area contributed by atoms with Crippen molar-refractivity contribution in [3.8, 4) is 0 Å². The lowest BCUT2D eigenvalue weighted by Crippen LogP contribution is -2.43. The molecule has 3 nitrogen and oxygen atoms in total. The van der Waals surface area contributed by atoms with E-state index >= 15 is 0 Å². The third-order valence-corrected chi connectivity index (χ3v) is 4.72. The molecule has 0 saturated carbocycles. The highest BCUT2D eigenvalue weighted by Crippen LogP contribution is 2.28. The van der Waals surface area contributed by atoms with E-state index in [-0.39, 0.29) is 0 Å². The summed E-state index contributed by atoms with van der Waals surface area (Å²) in [7, 11) is 0. The zero-order chi connectivity index (χ0) is 11.7. The van der Waals surface area contributed by atoms with Crippen molar-refractivity contribution < 1.29 is 4.42 Å². The monoisotopic (exact) mass is 298 g/mol. The van der Waals surface area contributed by atoms with Gasteiger partial charge in [0.2, 0.25) is 0 Å². The molecule has 17 heavy (non-hydrogen) atoms. The van der Waals surface area contributed by atoms with Gasteiger partial charge in [-0.3, -0.25) is 4.90 Å². The molecule has 2 aliphatic heterocycles. The molecule has 3 heterocycles. The molecule has 2 aliphatic rings. The first kappa shape index (κ1) is 11.8. The van der Waals surface area contributed by atoms with Gasteiger partial charge in [-0.15, -0.1) is 0 Å². The second kappa shape index (κ2) is 5.12. The van der Waals surface area contributed by atoms with E-state index in [9.17, 15) is 0 Å². The fraction of sp³-hybridized carbons (Fsp3) is 0.692. The summed E-state index contributed by atoms with van der Waals surface area (Å²) in [4.78, 5) is 2.58. The van der Waals surface area contributed by atoms with Crippen molar-refractivity contribution in [2.45, 2.75) is 44.3 Å². The van der Waals surface area contributed by atoms with Gasteiger partial charge in [-0.2, -0.15) is 0 Å². The molecule has 0 aliphatic carbocycles. The Morgan fingerprint density at radius 1 is 1.41 bits per heavy atom. The molecule has 0 bridgehead atoms. The van der Waals surface area contributed by atoms with E-state index in [1.807, 2.05) is 6.07 Å². The predicted molar refractivity (Wildman–Crippen MR) is 70.9 cm³/mol. The molecule has 3 rings (SSSR count). The highest BCUT2D eigenvalue weighted by molar-refractivity contribution is 9.10. The molecule has 2 fully saturated rings. The number of hydrogen-bond donors (Lipinski definition) is 1. The summed E-state index contributed by atoms with van der Waals surface area (Å²) in [5, 5.41) is 3.64. The van der Waals surface area contributed by atoms with Crippen LogP contribution in [0.4, 0.5) is 0 Å². The quantitative estimate of drug-likeness (QED) is 0.930. The number of hydrogen-bond acceptors (Lipinski definition) is 3. The third-order valence-electron chi connectivity index (χ3n) is 4.01. The van der Waals surface area contributed by atoms with Crippen LogP contribution in [0.1, 0.15) is 31.4 Å². The van der Waals surface area contributed by atoms with Crippen molar-refractivity contribution in [2.75, 3.05) is 13.1 Å². The summed E-state index contributed by atoms with van der Waals surface area (Å²) >= 11 is 3.54. The maximum absolute atomic E-state index is 5.53.